The predicted molar refractivity (Wildman–Crippen MR) is 122 cm³/mol. The monoisotopic (exact) mass is 455 g/mol. The number of rotatable bonds is 4. The summed E-state index contributed by atoms with van der Waals surface area (Å²) in [5.74, 6) is -0.980. The predicted octanol–water partition coefficient (Wildman–Crippen LogP) is 3.39. The maximum atomic E-state index is 15.1. The number of pyridine rings is 1. The van der Waals surface area contributed by atoms with Gasteiger partial charge in [0.15, 0.2) is 5.82 Å². The van der Waals surface area contributed by atoms with E-state index in [0.29, 0.717) is 73.5 Å². The molecule has 0 spiro atoms. The first kappa shape index (κ1) is 21.3. The first-order chi connectivity index (χ1) is 15.9. The van der Waals surface area contributed by atoms with Crippen molar-refractivity contribution in [2.45, 2.75) is 19.4 Å². The molecule has 0 aliphatic carbocycles. The number of piperazine rings is 1. The minimum Gasteiger partial charge on any atom is -0.384 e. The summed E-state index contributed by atoms with van der Waals surface area (Å²) in [6, 6.07) is 7.01. The fourth-order valence-electron chi connectivity index (χ4n) is 4.75. The number of hydrogen-bond donors (Lipinski definition) is 2. The van der Waals surface area contributed by atoms with Crippen LogP contribution in [-0.2, 0) is 13.0 Å². The first-order valence-corrected chi connectivity index (χ1v) is 10.9. The SMILES string of the molecule is O=c1[nH]c2cc(CN3CCN(c4ccc([N+](=O)[O-])cc4F)CC3)cc(F)c2c2c1CCCN2. The number of fused-ring (bicyclic) bond motifs is 3. The van der Waals surface area contributed by atoms with Crippen molar-refractivity contribution < 1.29 is 13.7 Å². The van der Waals surface area contributed by atoms with E-state index in [1.54, 1.807) is 0 Å². The number of hydrogen-bond acceptors (Lipinski definition) is 6. The zero-order valence-corrected chi connectivity index (χ0v) is 17.9. The number of aromatic amines is 1. The molecule has 3 heterocycles. The van der Waals surface area contributed by atoms with Gasteiger partial charge in [0.05, 0.1) is 33.3 Å². The second-order valence-electron chi connectivity index (χ2n) is 8.49. The van der Waals surface area contributed by atoms with Crippen LogP contribution < -0.4 is 15.8 Å². The third-order valence-electron chi connectivity index (χ3n) is 6.39. The summed E-state index contributed by atoms with van der Waals surface area (Å²) in [5.41, 5.74) is 2.32. The van der Waals surface area contributed by atoms with Gasteiger partial charge in [-0.3, -0.25) is 19.8 Å². The van der Waals surface area contributed by atoms with Gasteiger partial charge in [0.2, 0.25) is 0 Å². The van der Waals surface area contributed by atoms with Crippen molar-refractivity contribution in [1.29, 1.82) is 0 Å². The van der Waals surface area contributed by atoms with E-state index in [4.69, 9.17) is 0 Å². The molecule has 2 aliphatic heterocycles. The number of aromatic nitrogens is 1. The van der Waals surface area contributed by atoms with Crippen molar-refractivity contribution in [3.8, 4) is 0 Å². The number of H-pyrrole nitrogens is 1. The maximum absolute atomic E-state index is 15.1. The van der Waals surface area contributed by atoms with E-state index in [1.165, 1.54) is 18.2 Å². The van der Waals surface area contributed by atoms with Gasteiger partial charge in [0, 0.05) is 50.9 Å². The van der Waals surface area contributed by atoms with Crippen molar-refractivity contribution in [3.05, 3.63) is 73.6 Å². The highest BCUT2D eigenvalue weighted by Gasteiger charge is 2.23. The highest BCUT2D eigenvalue weighted by atomic mass is 19.1. The summed E-state index contributed by atoms with van der Waals surface area (Å²) in [4.78, 5) is 29.5. The summed E-state index contributed by atoms with van der Waals surface area (Å²) in [6.07, 6.45) is 1.48. The number of halogens is 2. The molecule has 2 aliphatic rings. The molecule has 0 bridgehead atoms. The van der Waals surface area contributed by atoms with E-state index < -0.39 is 10.7 Å². The highest BCUT2D eigenvalue weighted by Crippen LogP contribution is 2.31. The van der Waals surface area contributed by atoms with E-state index in [0.717, 1.165) is 18.1 Å². The van der Waals surface area contributed by atoms with Crippen LogP contribution in [0.2, 0.25) is 0 Å². The molecule has 0 unspecified atom stereocenters. The molecule has 3 aromatic rings. The van der Waals surface area contributed by atoms with Gasteiger partial charge in [-0.25, -0.2) is 8.78 Å². The fraction of sp³-hybridized carbons (Fsp3) is 0.348. The number of nitrogens with one attached hydrogen (secondary N) is 2. The molecule has 0 amide bonds. The van der Waals surface area contributed by atoms with Crippen molar-refractivity contribution >= 4 is 28.0 Å². The molecule has 1 fully saturated rings. The zero-order chi connectivity index (χ0) is 23.1. The molecular weight excluding hydrogens is 432 g/mol. The molecule has 172 valence electrons. The van der Waals surface area contributed by atoms with Gasteiger partial charge < -0.3 is 15.2 Å². The topological polar surface area (TPSA) is 94.5 Å². The number of anilines is 2. The third kappa shape index (κ3) is 4.02. The Bertz CT molecular complexity index is 1300. The molecule has 10 heteroatoms. The quantitative estimate of drug-likeness (QED) is 0.463. The molecule has 0 saturated carbocycles. The average molecular weight is 455 g/mol. The lowest BCUT2D eigenvalue weighted by Crippen LogP contribution is -2.46. The van der Waals surface area contributed by atoms with Crippen LogP contribution in [0.3, 0.4) is 0 Å². The number of nitro benzene ring substituents is 1. The van der Waals surface area contributed by atoms with Crippen molar-refractivity contribution in [1.82, 2.24) is 9.88 Å². The molecule has 1 saturated heterocycles. The summed E-state index contributed by atoms with van der Waals surface area (Å²) in [6.45, 7) is 3.54. The summed E-state index contributed by atoms with van der Waals surface area (Å²) in [5, 5.41) is 14.4. The lowest BCUT2D eigenvalue weighted by molar-refractivity contribution is -0.385. The Morgan fingerprint density at radius 1 is 1.06 bits per heavy atom. The molecular formula is C23H23F2N5O3. The lowest BCUT2D eigenvalue weighted by atomic mass is 10.00. The maximum Gasteiger partial charge on any atom is 0.272 e. The molecule has 0 radical (unpaired) electrons. The number of non-ortho nitro benzene ring substituents is 1. The molecule has 8 nitrogen and oxygen atoms in total. The molecule has 2 N–H and O–H groups in total. The van der Waals surface area contributed by atoms with Crippen LogP contribution in [0.25, 0.3) is 10.9 Å². The molecule has 5 rings (SSSR count). The third-order valence-corrected chi connectivity index (χ3v) is 6.39. The minimum atomic E-state index is -0.618. The second-order valence-corrected chi connectivity index (χ2v) is 8.49. The largest absolute Gasteiger partial charge is 0.384 e. The van der Waals surface area contributed by atoms with E-state index in [9.17, 15) is 19.3 Å². The van der Waals surface area contributed by atoms with Crippen LogP contribution in [-0.4, -0.2) is 47.5 Å². The van der Waals surface area contributed by atoms with E-state index in [-0.39, 0.29) is 17.1 Å². The van der Waals surface area contributed by atoms with Gasteiger partial charge in [0.1, 0.15) is 5.82 Å². The van der Waals surface area contributed by atoms with Gasteiger partial charge in [0.25, 0.3) is 11.2 Å². The second kappa shape index (κ2) is 8.43. The van der Waals surface area contributed by atoms with E-state index >= 15 is 4.39 Å². The van der Waals surface area contributed by atoms with Crippen LogP contribution >= 0.6 is 0 Å². The van der Waals surface area contributed by atoms with Crippen molar-refractivity contribution in [3.63, 3.8) is 0 Å². The van der Waals surface area contributed by atoms with E-state index in [1.807, 2.05) is 11.0 Å². The normalized spacial score (nSPS) is 16.5. The average Bonchev–Trinajstić information content (AvgIpc) is 2.79. The minimum absolute atomic E-state index is 0.181. The zero-order valence-electron chi connectivity index (χ0n) is 17.9. The van der Waals surface area contributed by atoms with Crippen molar-refractivity contribution in [2.75, 3.05) is 42.9 Å². The summed E-state index contributed by atoms with van der Waals surface area (Å²) < 4.78 is 29.4. The molecule has 0 atom stereocenters. The summed E-state index contributed by atoms with van der Waals surface area (Å²) in [7, 11) is 0. The highest BCUT2D eigenvalue weighted by molar-refractivity contribution is 5.94. The van der Waals surface area contributed by atoms with Crippen LogP contribution in [0.15, 0.2) is 35.1 Å². The Hall–Kier alpha value is -3.53. The van der Waals surface area contributed by atoms with Crippen LogP contribution in [0.5, 0.6) is 0 Å². The number of nitrogens with zero attached hydrogens (tertiary/aromatic N) is 3. The van der Waals surface area contributed by atoms with E-state index in [2.05, 4.69) is 15.2 Å². The Morgan fingerprint density at radius 2 is 1.85 bits per heavy atom. The van der Waals surface area contributed by atoms with Crippen LogP contribution in [0.4, 0.5) is 25.8 Å². The molecule has 2 aromatic carbocycles. The standard InChI is InChI=1S/C23H23F2N5O3/c24-17-12-15(30(32)33)3-4-20(17)29-8-6-28(7-9-29)13-14-10-18(25)21-19(11-14)27-23(31)16-2-1-5-26-22(16)21/h3-4,10-12,26H,1-2,5-9,13H2,(H,27,31). The Kier molecular flexibility index (Phi) is 5.45. The van der Waals surface area contributed by atoms with Gasteiger partial charge in [-0.1, -0.05) is 0 Å². The van der Waals surface area contributed by atoms with Gasteiger partial charge in [-0.2, -0.15) is 0 Å². The summed E-state index contributed by atoms with van der Waals surface area (Å²) >= 11 is 0. The van der Waals surface area contributed by atoms with Crippen molar-refractivity contribution in [2.24, 2.45) is 0 Å². The van der Waals surface area contributed by atoms with Gasteiger partial charge >= 0.3 is 0 Å². The smallest absolute Gasteiger partial charge is 0.272 e. The van der Waals surface area contributed by atoms with Crippen LogP contribution in [0, 0.1) is 21.7 Å². The Morgan fingerprint density at radius 3 is 2.58 bits per heavy atom. The molecule has 1 aromatic heterocycles. The number of nitro groups is 1. The Labute approximate surface area is 188 Å². The van der Waals surface area contributed by atoms with Gasteiger partial charge in [-0.05, 0) is 36.6 Å². The molecule has 33 heavy (non-hydrogen) atoms. The van der Waals surface area contributed by atoms with Crippen LogP contribution in [0.1, 0.15) is 17.5 Å². The first-order valence-electron chi connectivity index (χ1n) is 10.9. The van der Waals surface area contributed by atoms with Gasteiger partial charge in [-0.15, -0.1) is 0 Å². The number of benzene rings is 2. The lowest BCUT2D eigenvalue weighted by Gasteiger charge is -2.36. The fourth-order valence-corrected chi connectivity index (χ4v) is 4.75. The Balaban J connectivity index is 1.31.